The molecule has 1 aromatic carbocycles. The highest BCUT2D eigenvalue weighted by Crippen LogP contribution is 2.14. The van der Waals surface area contributed by atoms with Gasteiger partial charge in [0.1, 0.15) is 5.82 Å². The lowest BCUT2D eigenvalue weighted by atomic mass is 10.2. The van der Waals surface area contributed by atoms with Crippen molar-refractivity contribution in [2.24, 2.45) is 0 Å². The van der Waals surface area contributed by atoms with Crippen LogP contribution in [-0.4, -0.2) is 29.7 Å². The van der Waals surface area contributed by atoms with Gasteiger partial charge in [0.15, 0.2) is 5.11 Å². The maximum absolute atomic E-state index is 5.32. The predicted molar refractivity (Wildman–Crippen MR) is 107 cm³/mol. The van der Waals surface area contributed by atoms with Crippen LogP contribution < -0.4 is 15.5 Å². The Bertz CT molecular complexity index is 655. The molecule has 4 nitrogen and oxygen atoms in total. The summed E-state index contributed by atoms with van der Waals surface area (Å²) in [6, 6.07) is 14.5. The Morgan fingerprint density at radius 2 is 1.88 bits per heavy atom. The molecule has 0 atom stereocenters. The summed E-state index contributed by atoms with van der Waals surface area (Å²) in [6.07, 6.45) is 1.02. The highest BCUT2D eigenvalue weighted by atomic mass is 32.1. The first-order chi connectivity index (χ1) is 11.6. The van der Waals surface area contributed by atoms with Crippen molar-refractivity contribution >= 4 is 28.8 Å². The fraction of sp³-hybridized carbons (Fsp3) is 0.368. The van der Waals surface area contributed by atoms with Crippen molar-refractivity contribution in [3.05, 3.63) is 53.7 Å². The van der Waals surface area contributed by atoms with Crippen molar-refractivity contribution in [2.75, 3.05) is 29.9 Å². The first kappa shape index (κ1) is 18.2. The van der Waals surface area contributed by atoms with E-state index in [0.29, 0.717) is 5.11 Å². The Morgan fingerprint density at radius 1 is 1.12 bits per heavy atom. The first-order valence-electron chi connectivity index (χ1n) is 8.38. The number of aryl methyl sites for hydroxylation is 2. The third kappa shape index (κ3) is 5.81. The summed E-state index contributed by atoms with van der Waals surface area (Å²) in [4.78, 5) is 6.76. The summed E-state index contributed by atoms with van der Waals surface area (Å²) in [5.41, 5.74) is 3.53. The monoisotopic (exact) mass is 342 g/mol. The highest BCUT2D eigenvalue weighted by molar-refractivity contribution is 7.80. The number of benzene rings is 1. The van der Waals surface area contributed by atoms with E-state index in [-0.39, 0.29) is 0 Å². The van der Waals surface area contributed by atoms with Crippen LogP contribution in [0.5, 0.6) is 0 Å². The number of hydrogen-bond donors (Lipinski definition) is 2. The van der Waals surface area contributed by atoms with Gasteiger partial charge >= 0.3 is 0 Å². The number of nitrogens with one attached hydrogen (secondary N) is 2. The minimum absolute atomic E-state index is 0.617. The van der Waals surface area contributed by atoms with Crippen LogP contribution in [0.25, 0.3) is 0 Å². The molecule has 1 aromatic heterocycles. The second-order valence-electron chi connectivity index (χ2n) is 5.81. The van der Waals surface area contributed by atoms with Gasteiger partial charge in [0, 0.05) is 31.0 Å². The van der Waals surface area contributed by atoms with Crippen LogP contribution >= 0.6 is 12.2 Å². The van der Waals surface area contributed by atoms with E-state index in [1.807, 2.05) is 25.1 Å². The van der Waals surface area contributed by atoms with Crippen molar-refractivity contribution in [3.63, 3.8) is 0 Å². The number of rotatable bonds is 7. The van der Waals surface area contributed by atoms with Gasteiger partial charge in [0.2, 0.25) is 0 Å². The Hall–Kier alpha value is -2.14. The molecule has 0 saturated carbocycles. The molecule has 2 aromatic rings. The maximum Gasteiger partial charge on any atom is 0.171 e. The van der Waals surface area contributed by atoms with Gasteiger partial charge in [-0.1, -0.05) is 23.8 Å². The molecule has 5 heteroatoms. The van der Waals surface area contributed by atoms with Gasteiger partial charge in [-0.2, -0.15) is 0 Å². The number of thiocarbonyl (C=S) groups is 1. The molecule has 0 spiro atoms. The Labute approximate surface area is 150 Å². The van der Waals surface area contributed by atoms with Crippen LogP contribution in [0.15, 0.2) is 42.5 Å². The van der Waals surface area contributed by atoms with E-state index in [0.717, 1.165) is 37.6 Å². The molecule has 0 fully saturated rings. The maximum atomic E-state index is 5.32. The van der Waals surface area contributed by atoms with Crippen molar-refractivity contribution in [1.29, 1.82) is 0 Å². The predicted octanol–water partition coefficient (Wildman–Crippen LogP) is 3.90. The van der Waals surface area contributed by atoms with Crippen LogP contribution in [0, 0.1) is 13.8 Å². The zero-order valence-electron chi connectivity index (χ0n) is 14.7. The lowest BCUT2D eigenvalue weighted by Gasteiger charge is -2.23. The van der Waals surface area contributed by atoms with Crippen molar-refractivity contribution < 1.29 is 0 Å². The molecular weight excluding hydrogens is 316 g/mol. The number of pyridine rings is 1. The molecule has 2 rings (SSSR count). The lowest BCUT2D eigenvalue weighted by molar-refractivity contribution is 0.726. The minimum atomic E-state index is 0.617. The topological polar surface area (TPSA) is 40.2 Å². The molecule has 0 bridgehead atoms. The van der Waals surface area contributed by atoms with E-state index in [9.17, 15) is 0 Å². The first-order valence-corrected chi connectivity index (χ1v) is 8.79. The molecule has 24 heavy (non-hydrogen) atoms. The Morgan fingerprint density at radius 3 is 2.54 bits per heavy atom. The number of aromatic nitrogens is 1. The van der Waals surface area contributed by atoms with Crippen LogP contribution in [0.1, 0.15) is 24.6 Å². The summed E-state index contributed by atoms with van der Waals surface area (Å²) in [7, 11) is 0. The normalized spacial score (nSPS) is 10.3. The van der Waals surface area contributed by atoms with Gasteiger partial charge in [-0.15, -0.1) is 0 Å². The quantitative estimate of drug-likeness (QED) is 0.590. The van der Waals surface area contributed by atoms with E-state index < -0.39 is 0 Å². The molecular formula is C19H26N4S. The van der Waals surface area contributed by atoms with Crippen LogP contribution in [0.4, 0.5) is 11.5 Å². The summed E-state index contributed by atoms with van der Waals surface area (Å²) in [6.45, 7) is 9.09. The van der Waals surface area contributed by atoms with Gasteiger partial charge < -0.3 is 15.5 Å². The van der Waals surface area contributed by atoms with E-state index in [4.69, 9.17) is 12.2 Å². The summed E-state index contributed by atoms with van der Waals surface area (Å²) >= 11 is 5.32. The van der Waals surface area contributed by atoms with Gasteiger partial charge in [-0.05, 0) is 63.7 Å². The smallest absolute Gasteiger partial charge is 0.171 e. The summed E-state index contributed by atoms with van der Waals surface area (Å²) in [5, 5.41) is 6.98. The van der Waals surface area contributed by atoms with Crippen molar-refractivity contribution in [3.8, 4) is 0 Å². The van der Waals surface area contributed by atoms with E-state index >= 15 is 0 Å². The minimum Gasteiger partial charge on any atom is -0.372 e. The van der Waals surface area contributed by atoms with Gasteiger partial charge in [-0.25, -0.2) is 4.98 Å². The van der Waals surface area contributed by atoms with Gasteiger partial charge in [0.05, 0.1) is 0 Å². The molecule has 1 heterocycles. The average molecular weight is 343 g/mol. The molecule has 0 aliphatic heterocycles. The fourth-order valence-electron chi connectivity index (χ4n) is 2.47. The molecule has 0 aliphatic carbocycles. The van der Waals surface area contributed by atoms with E-state index in [1.54, 1.807) is 0 Å². The van der Waals surface area contributed by atoms with Crippen molar-refractivity contribution in [2.45, 2.75) is 27.2 Å². The molecule has 0 radical (unpaired) electrons. The highest BCUT2D eigenvalue weighted by Gasteiger charge is 2.04. The Kier molecular flexibility index (Phi) is 7.00. The molecule has 2 N–H and O–H groups in total. The fourth-order valence-corrected chi connectivity index (χ4v) is 2.68. The molecule has 0 amide bonds. The third-order valence-corrected chi connectivity index (χ3v) is 4.05. The van der Waals surface area contributed by atoms with Crippen LogP contribution in [-0.2, 0) is 0 Å². The number of hydrogen-bond acceptors (Lipinski definition) is 3. The van der Waals surface area contributed by atoms with E-state index in [2.05, 4.69) is 58.6 Å². The van der Waals surface area contributed by atoms with Crippen LogP contribution in [0.2, 0.25) is 0 Å². The lowest BCUT2D eigenvalue weighted by Crippen LogP contribution is -2.32. The second kappa shape index (κ2) is 9.23. The Balaban J connectivity index is 1.73. The zero-order valence-corrected chi connectivity index (χ0v) is 15.5. The zero-order chi connectivity index (χ0) is 17.4. The number of nitrogens with zero attached hydrogens (tertiary/aromatic N) is 2. The third-order valence-electron chi connectivity index (χ3n) is 3.80. The average Bonchev–Trinajstić information content (AvgIpc) is 2.56. The summed E-state index contributed by atoms with van der Waals surface area (Å²) < 4.78 is 0. The van der Waals surface area contributed by atoms with Gasteiger partial charge in [-0.3, -0.25) is 0 Å². The van der Waals surface area contributed by atoms with Crippen LogP contribution in [0.3, 0.4) is 0 Å². The second-order valence-corrected chi connectivity index (χ2v) is 6.22. The van der Waals surface area contributed by atoms with E-state index in [1.165, 1.54) is 11.3 Å². The molecule has 0 saturated heterocycles. The molecule has 0 aliphatic rings. The molecule has 128 valence electrons. The number of anilines is 2. The largest absolute Gasteiger partial charge is 0.372 e. The van der Waals surface area contributed by atoms with Gasteiger partial charge in [0.25, 0.3) is 0 Å². The SMILES string of the molecule is CCN(CCCNC(=S)Nc1cccc(C)n1)c1ccc(C)cc1. The van der Waals surface area contributed by atoms with Crippen molar-refractivity contribution in [1.82, 2.24) is 10.3 Å². The molecule has 0 unspecified atom stereocenters. The standard InChI is InChI=1S/C19H26N4S/c1-4-23(17-11-9-15(2)10-12-17)14-6-13-20-19(24)22-18-8-5-7-16(3)21-18/h5,7-12H,4,6,13-14H2,1-3H3,(H2,20,21,22,24). The summed E-state index contributed by atoms with van der Waals surface area (Å²) in [5.74, 6) is 0.780.